The molecular formula is C13H20F2N2O3S. The van der Waals surface area contributed by atoms with E-state index in [1.165, 1.54) is 19.2 Å². The molecule has 120 valence electrons. The predicted molar refractivity (Wildman–Crippen MR) is 76.4 cm³/mol. The fourth-order valence-corrected chi connectivity index (χ4v) is 3.23. The van der Waals surface area contributed by atoms with Crippen molar-refractivity contribution in [3.05, 3.63) is 23.8 Å². The Balaban J connectivity index is 3.20. The van der Waals surface area contributed by atoms with Crippen molar-refractivity contribution in [3.8, 4) is 5.75 Å². The van der Waals surface area contributed by atoms with E-state index in [0.29, 0.717) is 28.6 Å². The minimum absolute atomic E-state index is 0.0294. The molecular weight excluding hydrogens is 302 g/mol. The van der Waals surface area contributed by atoms with Crippen LogP contribution in [0.3, 0.4) is 0 Å². The lowest BCUT2D eigenvalue weighted by Gasteiger charge is -2.19. The number of sulfonamides is 1. The van der Waals surface area contributed by atoms with Crippen LogP contribution in [0.25, 0.3) is 0 Å². The van der Waals surface area contributed by atoms with E-state index in [4.69, 9.17) is 4.74 Å². The number of nitrogens with one attached hydrogen (secondary N) is 1. The van der Waals surface area contributed by atoms with Crippen molar-refractivity contribution in [3.63, 3.8) is 0 Å². The van der Waals surface area contributed by atoms with Gasteiger partial charge in [-0.2, -0.15) is 4.31 Å². The van der Waals surface area contributed by atoms with E-state index in [1.54, 1.807) is 13.1 Å². The summed E-state index contributed by atoms with van der Waals surface area (Å²) < 4.78 is 55.3. The van der Waals surface area contributed by atoms with Crippen molar-refractivity contribution in [2.45, 2.75) is 17.7 Å². The fourth-order valence-electron chi connectivity index (χ4n) is 1.85. The molecule has 0 heterocycles. The second kappa shape index (κ2) is 7.67. The number of nitrogens with zero attached hydrogens (tertiary/aromatic N) is 1. The first-order valence-corrected chi connectivity index (χ1v) is 7.83. The summed E-state index contributed by atoms with van der Waals surface area (Å²) in [5, 5.41) is 2.92. The molecule has 1 rings (SSSR count). The van der Waals surface area contributed by atoms with Crippen molar-refractivity contribution >= 4 is 10.0 Å². The van der Waals surface area contributed by atoms with Gasteiger partial charge in [0.1, 0.15) is 5.75 Å². The summed E-state index contributed by atoms with van der Waals surface area (Å²) in [7, 11) is 0.424. The summed E-state index contributed by atoms with van der Waals surface area (Å²) in [6, 6.07) is 4.51. The fraction of sp³-hybridized carbons (Fsp3) is 0.538. The third-order valence-corrected chi connectivity index (χ3v) is 4.92. The van der Waals surface area contributed by atoms with Crippen LogP contribution >= 0.6 is 0 Å². The highest BCUT2D eigenvalue weighted by atomic mass is 32.2. The summed E-state index contributed by atoms with van der Waals surface area (Å²) in [6.07, 6.45) is -2.27. The second-order valence-corrected chi connectivity index (χ2v) is 6.52. The molecule has 1 aromatic carbocycles. The van der Waals surface area contributed by atoms with Crippen LogP contribution in [0, 0.1) is 0 Å². The number of halogens is 2. The van der Waals surface area contributed by atoms with Crippen molar-refractivity contribution in [2.75, 3.05) is 34.3 Å². The van der Waals surface area contributed by atoms with Gasteiger partial charge in [-0.05, 0) is 43.8 Å². The molecule has 5 nitrogen and oxygen atoms in total. The predicted octanol–water partition coefficient (Wildman–Crippen LogP) is 1.34. The maximum atomic E-state index is 12.4. The average Bonchev–Trinajstić information content (AvgIpc) is 2.43. The van der Waals surface area contributed by atoms with Crippen LogP contribution in [0.4, 0.5) is 8.78 Å². The number of benzene rings is 1. The average molecular weight is 322 g/mol. The van der Waals surface area contributed by atoms with Gasteiger partial charge in [-0.3, -0.25) is 0 Å². The number of rotatable bonds is 8. The van der Waals surface area contributed by atoms with Gasteiger partial charge in [0.25, 0.3) is 6.43 Å². The molecule has 0 aromatic heterocycles. The van der Waals surface area contributed by atoms with Crippen molar-refractivity contribution < 1.29 is 21.9 Å². The quantitative estimate of drug-likeness (QED) is 0.785. The third-order valence-electron chi connectivity index (χ3n) is 3.00. The van der Waals surface area contributed by atoms with Gasteiger partial charge in [0, 0.05) is 7.05 Å². The van der Waals surface area contributed by atoms with E-state index in [1.807, 2.05) is 0 Å². The zero-order chi connectivity index (χ0) is 16.0. The molecule has 0 aliphatic rings. The zero-order valence-electron chi connectivity index (χ0n) is 12.3. The first kappa shape index (κ1) is 17.8. The summed E-state index contributed by atoms with van der Waals surface area (Å²) in [4.78, 5) is 0.0294. The first-order valence-electron chi connectivity index (χ1n) is 6.39. The Kier molecular flexibility index (Phi) is 6.50. The molecule has 1 aromatic rings. The van der Waals surface area contributed by atoms with E-state index in [9.17, 15) is 17.2 Å². The van der Waals surface area contributed by atoms with E-state index < -0.39 is 23.0 Å². The SMILES string of the molecule is CNCCc1cc(OC)ccc1S(=O)(=O)N(C)CC(F)F. The molecule has 0 aliphatic heterocycles. The normalized spacial score (nSPS) is 12.1. The minimum atomic E-state index is -3.95. The van der Waals surface area contributed by atoms with Gasteiger partial charge in [0.2, 0.25) is 10.0 Å². The lowest BCUT2D eigenvalue weighted by Crippen LogP contribution is -2.32. The number of alkyl halides is 2. The lowest BCUT2D eigenvalue weighted by atomic mass is 10.1. The highest BCUT2D eigenvalue weighted by Crippen LogP contribution is 2.25. The van der Waals surface area contributed by atoms with E-state index in [0.717, 1.165) is 7.05 Å². The number of hydrogen-bond acceptors (Lipinski definition) is 4. The molecule has 0 spiro atoms. The highest BCUT2D eigenvalue weighted by Gasteiger charge is 2.26. The number of hydrogen-bond donors (Lipinski definition) is 1. The molecule has 0 unspecified atom stereocenters. The minimum Gasteiger partial charge on any atom is -0.497 e. The Labute approximate surface area is 124 Å². The summed E-state index contributed by atoms with van der Waals surface area (Å²) in [6.45, 7) is -0.270. The maximum Gasteiger partial charge on any atom is 0.252 e. The topological polar surface area (TPSA) is 58.6 Å². The van der Waals surface area contributed by atoms with Crippen molar-refractivity contribution in [1.29, 1.82) is 0 Å². The molecule has 0 amide bonds. The second-order valence-electron chi connectivity index (χ2n) is 4.50. The molecule has 0 saturated heterocycles. The third kappa shape index (κ3) is 4.62. The van der Waals surface area contributed by atoms with Gasteiger partial charge >= 0.3 is 0 Å². The van der Waals surface area contributed by atoms with Crippen LogP contribution in [0.2, 0.25) is 0 Å². The molecule has 0 aliphatic carbocycles. The Morgan fingerprint density at radius 3 is 2.57 bits per heavy atom. The van der Waals surface area contributed by atoms with Gasteiger partial charge in [-0.25, -0.2) is 17.2 Å². The maximum absolute atomic E-state index is 12.4. The summed E-state index contributed by atoms with van der Waals surface area (Å²) in [5.41, 5.74) is 0.532. The van der Waals surface area contributed by atoms with Gasteiger partial charge in [0.05, 0.1) is 18.6 Å². The molecule has 0 radical (unpaired) electrons. The van der Waals surface area contributed by atoms with Crippen LogP contribution in [0.15, 0.2) is 23.1 Å². The molecule has 0 fully saturated rings. The van der Waals surface area contributed by atoms with Crippen LogP contribution in [0.1, 0.15) is 5.56 Å². The largest absolute Gasteiger partial charge is 0.497 e. The van der Waals surface area contributed by atoms with Crippen molar-refractivity contribution in [2.24, 2.45) is 0 Å². The molecule has 1 N–H and O–H groups in total. The molecule has 0 saturated carbocycles. The Bertz CT molecular complexity index is 565. The van der Waals surface area contributed by atoms with E-state index in [2.05, 4.69) is 5.32 Å². The monoisotopic (exact) mass is 322 g/mol. The van der Waals surface area contributed by atoms with Crippen molar-refractivity contribution in [1.82, 2.24) is 9.62 Å². The van der Waals surface area contributed by atoms with Gasteiger partial charge in [-0.1, -0.05) is 0 Å². The number of ether oxygens (including phenoxy) is 1. The zero-order valence-corrected chi connectivity index (χ0v) is 13.1. The van der Waals surface area contributed by atoms with E-state index >= 15 is 0 Å². The van der Waals surface area contributed by atoms with Gasteiger partial charge in [0.15, 0.2) is 0 Å². The van der Waals surface area contributed by atoms with Gasteiger partial charge in [-0.15, -0.1) is 0 Å². The smallest absolute Gasteiger partial charge is 0.252 e. The van der Waals surface area contributed by atoms with Crippen LogP contribution < -0.4 is 10.1 Å². The lowest BCUT2D eigenvalue weighted by molar-refractivity contribution is 0.126. The molecule has 21 heavy (non-hydrogen) atoms. The summed E-state index contributed by atoms with van der Waals surface area (Å²) >= 11 is 0. The first-order chi connectivity index (χ1) is 9.82. The standard InChI is InChI=1S/C13H20F2N2O3S/c1-16-7-6-10-8-11(20-3)4-5-12(10)21(18,19)17(2)9-13(14)15/h4-5,8,13,16H,6-7,9H2,1-3H3. The van der Waals surface area contributed by atoms with Crippen LogP contribution in [0.5, 0.6) is 5.75 Å². The number of methoxy groups -OCH3 is 1. The van der Waals surface area contributed by atoms with Gasteiger partial charge < -0.3 is 10.1 Å². The van der Waals surface area contributed by atoms with E-state index in [-0.39, 0.29) is 4.90 Å². The van der Waals surface area contributed by atoms with Crippen LogP contribution in [-0.4, -0.2) is 53.4 Å². The molecule has 8 heteroatoms. The Hall–Kier alpha value is -1.25. The molecule has 0 atom stereocenters. The number of likely N-dealkylation sites (N-methyl/N-ethyl adjacent to an activating group) is 1. The highest BCUT2D eigenvalue weighted by molar-refractivity contribution is 7.89. The van der Waals surface area contributed by atoms with Crippen LogP contribution in [-0.2, 0) is 16.4 Å². The Morgan fingerprint density at radius 1 is 1.38 bits per heavy atom. The molecule has 0 bridgehead atoms. The summed E-state index contributed by atoms with van der Waals surface area (Å²) in [5.74, 6) is 0.525. The Morgan fingerprint density at radius 2 is 2.05 bits per heavy atom.